The van der Waals surface area contributed by atoms with E-state index in [0.29, 0.717) is 12.1 Å². The first-order valence-corrected chi connectivity index (χ1v) is 9.05. The summed E-state index contributed by atoms with van der Waals surface area (Å²) in [6.07, 6.45) is 8.41. The first kappa shape index (κ1) is 16.8. The Morgan fingerprint density at radius 1 is 1.43 bits per heavy atom. The molecule has 1 aliphatic rings. The van der Waals surface area contributed by atoms with E-state index in [0.717, 1.165) is 17.6 Å². The molecule has 118 valence electrons. The molecule has 21 heavy (non-hydrogen) atoms. The second kappa shape index (κ2) is 8.14. The first-order chi connectivity index (χ1) is 10.1. The van der Waals surface area contributed by atoms with Gasteiger partial charge < -0.3 is 10.2 Å². The molecular formula is C17H28BrN3. The third-order valence-corrected chi connectivity index (χ3v) is 4.57. The minimum atomic E-state index is 0.490. The van der Waals surface area contributed by atoms with Crippen molar-refractivity contribution in [2.45, 2.75) is 71.5 Å². The molecule has 2 heterocycles. The van der Waals surface area contributed by atoms with E-state index in [4.69, 9.17) is 4.98 Å². The van der Waals surface area contributed by atoms with Gasteiger partial charge in [0, 0.05) is 41.4 Å². The number of halogens is 1. The lowest BCUT2D eigenvalue weighted by molar-refractivity contribution is 0.430. The van der Waals surface area contributed by atoms with Crippen molar-refractivity contribution in [3.63, 3.8) is 0 Å². The van der Waals surface area contributed by atoms with Crippen LogP contribution in [0.3, 0.4) is 0 Å². The highest BCUT2D eigenvalue weighted by molar-refractivity contribution is 9.10. The van der Waals surface area contributed by atoms with Gasteiger partial charge >= 0.3 is 0 Å². The molecule has 1 aliphatic heterocycles. The lowest BCUT2D eigenvalue weighted by atomic mass is 9.97. The van der Waals surface area contributed by atoms with Crippen LogP contribution in [0.25, 0.3) is 0 Å². The van der Waals surface area contributed by atoms with Gasteiger partial charge in [-0.15, -0.1) is 0 Å². The molecule has 0 saturated carbocycles. The minimum Gasteiger partial charge on any atom is -0.353 e. The summed E-state index contributed by atoms with van der Waals surface area (Å²) in [5.74, 6) is 1.18. The van der Waals surface area contributed by atoms with Crippen molar-refractivity contribution < 1.29 is 0 Å². The highest BCUT2D eigenvalue weighted by atomic mass is 79.9. The normalized spacial score (nSPS) is 19.3. The summed E-state index contributed by atoms with van der Waals surface area (Å²) in [6, 6.07) is 3.37. The van der Waals surface area contributed by atoms with E-state index < -0.39 is 0 Å². The zero-order valence-corrected chi connectivity index (χ0v) is 15.1. The fraction of sp³-hybridized carbons (Fsp3) is 0.706. The number of nitrogens with zero attached hydrogens (tertiary/aromatic N) is 2. The maximum Gasteiger partial charge on any atom is 0.133 e. The second-order valence-corrected chi connectivity index (χ2v) is 7.22. The van der Waals surface area contributed by atoms with E-state index in [-0.39, 0.29) is 0 Å². The molecule has 0 amide bonds. The van der Waals surface area contributed by atoms with Gasteiger partial charge in [-0.05, 0) is 47.7 Å². The molecule has 1 aromatic rings. The molecule has 1 unspecified atom stereocenters. The molecule has 0 radical (unpaired) electrons. The number of pyridine rings is 1. The van der Waals surface area contributed by atoms with Crippen molar-refractivity contribution in [3.8, 4) is 0 Å². The van der Waals surface area contributed by atoms with Gasteiger partial charge in [-0.2, -0.15) is 0 Å². The average molecular weight is 354 g/mol. The standard InChI is InChI=1S/C17H28BrN3/c1-4-7-16-8-5-6-9-21(16)17-14(11-19-13(2)3)10-15(18)12-20-17/h10,12-13,16,19H,4-9,11H2,1-3H3. The van der Waals surface area contributed by atoms with Crippen molar-refractivity contribution >= 4 is 21.7 Å². The van der Waals surface area contributed by atoms with Crippen LogP contribution in [0, 0.1) is 0 Å². The summed E-state index contributed by atoms with van der Waals surface area (Å²) in [7, 11) is 0. The fourth-order valence-corrected chi connectivity index (χ4v) is 3.47. The predicted molar refractivity (Wildman–Crippen MR) is 93.8 cm³/mol. The molecule has 3 nitrogen and oxygen atoms in total. The van der Waals surface area contributed by atoms with Gasteiger partial charge in [0.25, 0.3) is 0 Å². The monoisotopic (exact) mass is 353 g/mol. The van der Waals surface area contributed by atoms with Crippen molar-refractivity contribution in [2.24, 2.45) is 0 Å². The number of piperidine rings is 1. The Morgan fingerprint density at radius 3 is 2.95 bits per heavy atom. The van der Waals surface area contributed by atoms with E-state index in [9.17, 15) is 0 Å². The molecular weight excluding hydrogens is 326 g/mol. The molecule has 0 bridgehead atoms. The zero-order chi connectivity index (χ0) is 15.2. The zero-order valence-electron chi connectivity index (χ0n) is 13.5. The number of rotatable bonds is 6. The second-order valence-electron chi connectivity index (χ2n) is 6.30. The smallest absolute Gasteiger partial charge is 0.133 e. The van der Waals surface area contributed by atoms with Crippen molar-refractivity contribution in [1.29, 1.82) is 0 Å². The first-order valence-electron chi connectivity index (χ1n) is 8.26. The van der Waals surface area contributed by atoms with E-state index in [2.05, 4.69) is 53.0 Å². The van der Waals surface area contributed by atoms with Crippen LogP contribution in [-0.4, -0.2) is 23.6 Å². The van der Waals surface area contributed by atoms with Crippen molar-refractivity contribution in [2.75, 3.05) is 11.4 Å². The number of anilines is 1. The number of hydrogen-bond acceptors (Lipinski definition) is 3. The van der Waals surface area contributed by atoms with Gasteiger partial charge in [0.2, 0.25) is 0 Å². The molecule has 1 saturated heterocycles. The van der Waals surface area contributed by atoms with Crippen LogP contribution in [-0.2, 0) is 6.54 Å². The van der Waals surface area contributed by atoms with E-state index in [1.54, 1.807) is 0 Å². The molecule has 2 rings (SSSR count). The number of nitrogens with one attached hydrogen (secondary N) is 1. The maximum absolute atomic E-state index is 4.75. The van der Waals surface area contributed by atoms with Crippen LogP contribution in [0.15, 0.2) is 16.7 Å². The molecule has 1 N–H and O–H groups in total. The molecule has 4 heteroatoms. The van der Waals surface area contributed by atoms with Crippen LogP contribution >= 0.6 is 15.9 Å². The van der Waals surface area contributed by atoms with Crippen molar-refractivity contribution in [1.82, 2.24) is 10.3 Å². The Morgan fingerprint density at radius 2 is 2.24 bits per heavy atom. The Balaban J connectivity index is 2.23. The summed E-state index contributed by atoms with van der Waals surface area (Å²) < 4.78 is 1.07. The lowest BCUT2D eigenvalue weighted by Crippen LogP contribution is -2.41. The van der Waals surface area contributed by atoms with Gasteiger partial charge in [0.15, 0.2) is 0 Å². The van der Waals surface area contributed by atoms with Crippen molar-refractivity contribution in [3.05, 3.63) is 22.3 Å². The van der Waals surface area contributed by atoms with Gasteiger partial charge in [0.1, 0.15) is 5.82 Å². The van der Waals surface area contributed by atoms with Gasteiger partial charge in [0.05, 0.1) is 0 Å². The molecule has 0 aromatic carbocycles. The molecule has 0 spiro atoms. The highest BCUT2D eigenvalue weighted by Crippen LogP contribution is 2.29. The quantitative estimate of drug-likeness (QED) is 0.815. The third kappa shape index (κ3) is 4.68. The molecule has 0 aliphatic carbocycles. The van der Waals surface area contributed by atoms with Crippen LogP contribution in [0.4, 0.5) is 5.82 Å². The Hall–Kier alpha value is -0.610. The third-order valence-electron chi connectivity index (χ3n) is 4.13. The predicted octanol–water partition coefficient (Wildman–Crippen LogP) is 4.50. The summed E-state index contributed by atoms with van der Waals surface area (Å²) in [6.45, 7) is 8.68. The van der Waals surface area contributed by atoms with Crippen LogP contribution in [0.1, 0.15) is 58.4 Å². The van der Waals surface area contributed by atoms with Gasteiger partial charge in [-0.25, -0.2) is 4.98 Å². The Bertz CT molecular complexity index is 446. The Kier molecular flexibility index (Phi) is 6.49. The van der Waals surface area contributed by atoms with Gasteiger partial charge in [-0.1, -0.05) is 27.2 Å². The minimum absolute atomic E-state index is 0.490. The molecule has 1 fully saturated rings. The maximum atomic E-state index is 4.75. The van der Waals surface area contributed by atoms with Crippen LogP contribution in [0.2, 0.25) is 0 Å². The van der Waals surface area contributed by atoms with E-state index in [1.165, 1.54) is 43.5 Å². The summed E-state index contributed by atoms with van der Waals surface area (Å²) in [5, 5.41) is 3.53. The summed E-state index contributed by atoms with van der Waals surface area (Å²) >= 11 is 3.56. The van der Waals surface area contributed by atoms with Gasteiger partial charge in [-0.3, -0.25) is 0 Å². The number of aromatic nitrogens is 1. The number of hydrogen-bond donors (Lipinski definition) is 1. The van der Waals surface area contributed by atoms with E-state index in [1.807, 2.05) is 6.20 Å². The van der Waals surface area contributed by atoms with E-state index >= 15 is 0 Å². The topological polar surface area (TPSA) is 28.2 Å². The van der Waals surface area contributed by atoms with Crippen LogP contribution < -0.4 is 10.2 Å². The molecule has 1 aromatic heterocycles. The summed E-state index contributed by atoms with van der Waals surface area (Å²) in [5.41, 5.74) is 1.31. The SMILES string of the molecule is CCCC1CCCCN1c1ncc(Br)cc1CNC(C)C. The average Bonchev–Trinajstić information content (AvgIpc) is 2.46. The summed E-state index contributed by atoms with van der Waals surface area (Å²) in [4.78, 5) is 7.30. The lowest BCUT2D eigenvalue weighted by Gasteiger charge is -2.38. The molecule has 1 atom stereocenters. The Labute approximate surface area is 137 Å². The fourth-order valence-electron chi connectivity index (χ4n) is 3.09. The largest absolute Gasteiger partial charge is 0.353 e. The van der Waals surface area contributed by atoms with Crippen LogP contribution in [0.5, 0.6) is 0 Å². The highest BCUT2D eigenvalue weighted by Gasteiger charge is 2.24.